The highest BCUT2D eigenvalue weighted by Gasteiger charge is 2.22. The van der Waals surface area contributed by atoms with Gasteiger partial charge in [-0.2, -0.15) is 5.26 Å². The van der Waals surface area contributed by atoms with Crippen LogP contribution >= 0.6 is 11.8 Å². The molecule has 6 nitrogen and oxygen atoms in total. The van der Waals surface area contributed by atoms with E-state index in [9.17, 15) is 14.4 Å². The predicted molar refractivity (Wildman–Crippen MR) is 82.2 cm³/mol. The molecule has 22 heavy (non-hydrogen) atoms. The van der Waals surface area contributed by atoms with Gasteiger partial charge in [0.1, 0.15) is 6.04 Å². The van der Waals surface area contributed by atoms with E-state index in [0.717, 1.165) is 11.8 Å². The molecule has 0 aliphatic heterocycles. The fraction of sp³-hybridized carbons (Fsp3) is 0.333. The predicted octanol–water partition coefficient (Wildman–Crippen LogP) is 1.50. The highest BCUT2D eigenvalue weighted by molar-refractivity contribution is 8.13. The van der Waals surface area contributed by atoms with Gasteiger partial charge in [0.2, 0.25) is 0 Å². The summed E-state index contributed by atoms with van der Waals surface area (Å²) in [6.07, 6.45) is 0.278. The number of hydrogen-bond donors (Lipinski definition) is 1. The van der Waals surface area contributed by atoms with Crippen LogP contribution in [-0.4, -0.2) is 35.9 Å². The van der Waals surface area contributed by atoms with Gasteiger partial charge in [-0.15, -0.1) is 0 Å². The summed E-state index contributed by atoms with van der Waals surface area (Å²) >= 11 is 1.08. The lowest BCUT2D eigenvalue weighted by Gasteiger charge is -2.16. The molecule has 0 bridgehead atoms. The van der Waals surface area contributed by atoms with Crippen molar-refractivity contribution in [2.24, 2.45) is 0 Å². The van der Waals surface area contributed by atoms with Crippen LogP contribution in [0.25, 0.3) is 0 Å². The first-order chi connectivity index (χ1) is 10.5. The molecule has 0 spiro atoms. The van der Waals surface area contributed by atoms with Gasteiger partial charge in [-0.3, -0.25) is 9.59 Å². The van der Waals surface area contributed by atoms with E-state index in [1.165, 1.54) is 20.1 Å². The molecule has 1 amide bonds. The number of nitrogens with zero attached hydrogens (tertiary/aromatic N) is 1. The fourth-order valence-corrected chi connectivity index (χ4v) is 2.32. The number of nitriles is 1. The van der Waals surface area contributed by atoms with Crippen LogP contribution in [-0.2, 0) is 14.3 Å². The van der Waals surface area contributed by atoms with Crippen molar-refractivity contribution in [2.45, 2.75) is 19.4 Å². The van der Waals surface area contributed by atoms with Crippen molar-refractivity contribution in [3.05, 3.63) is 35.4 Å². The number of carbonyl (C=O) groups is 3. The van der Waals surface area contributed by atoms with E-state index in [-0.39, 0.29) is 17.1 Å². The highest BCUT2D eigenvalue weighted by Crippen LogP contribution is 2.09. The van der Waals surface area contributed by atoms with Crippen LogP contribution in [0.2, 0.25) is 0 Å². The van der Waals surface area contributed by atoms with Crippen molar-refractivity contribution in [3.8, 4) is 6.07 Å². The van der Waals surface area contributed by atoms with Gasteiger partial charge in [0.15, 0.2) is 5.12 Å². The minimum atomic E-state index is -0.838. The van der Waals surface area contributed by atoms with Gasteiger partial charge in [-0.1, -0.05) is 17.8 Å². The van der Waals surface area contributed by atoms with Crippen molar-refractivity contribution in [1.29, 1.82) is 5.26 Å². The molecule has 0 radical (unpaired) electrons. The number of methoxy groups -OCH3 is 1. The second-order valence-corrected chi connectivity index (χ2v) is 5.64. The fourth-order valence-electron chi connectivity index (χ4n) is 1.68. The van der Waals surface area contributed by atoms with Crippen LogP contribution in [0.4, 0.5) is 0 Å². The standard InChI is InChI=1S/C15H16N2O4S/c1-10(18)22-7-6-13(15(20)21-2)17-14(19)12-5-3-4-11(8-12)9-16/h3-5,8,13H,6-7H2,1-2H3,(H,17,19). The summed E-state index contributed by atoms with van der Waals surface area (Å²) in [6.45, 7) is 1.43. The van der Waals surface area contributed by atoms with E-state index in [4.69, 9.17) is 5.26 Å². The number of thioether (sulfide) groups is 1. The average Bonchev–Trinajstić information content (AvgIpc) is 2.52. The van der Waals surface area contributed by atoms with E-state index in [0.29, 0.717) is 11.3 Å². The summed E-state index contributed by atoms with van der Waals surface area (Å²) in [5.41, 5.74) is 0.640. The zero-order valence-electron chi connectivity index (χ0n) is 12.3. The van der Waals surface area contributed by atoms with Crippen molar-refractivity contribution in [1.82, 2.24) is 5.32 Å². The first-order valence-electron chi connectivity index (χ1n) is 6.50. The van der Waals surface area contributed by atoms with Crippen LogP contribution in [0, 0.1) is 11.3 Å². The van der Waals surface area contributed by atoms with Crippen molar-refractivity contribution in [2.75, 3.05) is 12.9 Å². The summed E-state index contributed by atoms with van der Waals surface area (Å²) in [5.74, 6) is -0.651. The first-order valence-corrected chi connectivity index (χ1v) is 7.48. The highest BCUT2D eigenvalue weighted by atomic mass is 32.2. The van der Waals surface area contributed by atoms with Gasteiger partial charge in [-0.25, -0.2) is 4.79 Å². The number of amides is 1. The third kappa shape index (κ3) is 5.58. The quantitative estimate of drug-likeness (QED) is 0.798. The normalized spacial score (nSPS) is 11.1. The Kier molecular flexibility index (Phi) is 7.13. The first kappa shape index (κ1) is 17.7. The number of esters is 1. The van der Waals surface area contributed by atoms with Crippen LogP contribution in [0.1, 0.15) is 29.3 Å². The largest absolute Gasteiger partial charge is 0.467 e. The van der Waals surface area contributed by atoms with E-state index in [1.54, 1.807) is 18.2 Å². The summed E-state index contributed by atoms with van der Waals surface area (Å²) in [6, 6.07) is 7.27. The van der Waals surface area contributed by atoms with Crippen molar-refractivity contribution < 1.29 is 19.1 Å². The lowest BCUT2D eigenvalue weighted by molar-refractivity contribution is -0.142. The summed E-state index contributed by atoms with van der Waals surface area (Å²) in [7, 11) is 1.23. The number of rotatable bonds is 6. The van der Waals surface area contributed by atoms with Crippen molar-refractivity contribution in [3.63, 3.8) is 0 Å². The molecule has 0 saturated heterocycles. The smallest absolute Gasteiger partial charge is 0.328 e. The number of nitrogens with one attached hydrogen (secondary N) is 1. The van der Waals surface area contributed by atoms with Gasteiger partial charge in [-0.05, 0) is 24.6 Å². The van der Waals surface area contributed by atoms with Gasteiger partial charge >= 0.3 is 5.97 Å². The Labute approximate surface area is 132 Å². The zero-order chi connectivity index (χ0) is 16.5. The number of hydrogen-bond acceptors (Lipinski definition) is 6. The van der Waals surface area contributed by atoms with Gasteiger partial charge in [0.05, 0.1) is 18.7 Å². The third-order valence-electron chi connectivity index (χ3n) is 2.76. The Morgan fingerprint density at radius 3 is 2.73 bits per heavy atom. The molecular weight excluding hydrogens is 304 g/mol. The molecule has 0 aromatic heterocycles. The maximum atomic E-state index is 12.1. The van der Waals surface area contributed by atoms with E-state index >= 15 is 0 Å². The van der Waals surface area contributed by atoms with Crippen LogP contribution in [0.5, 0.6) is 0 Å². The minimum Gasteiger partial charge on any atom is -0.467 e. The summed E-state index contributed by atoms with van der Waals surface area (Å²) in [5, 5.41) is 11.3. The van der Waals surface area contributed by atoms with Crippen LogP contribution < -0.4 is 5.32 Å². The molecule has 7 heteroatoms. The molecule has 0 fully saturated rings. The Morgan fingerprint density at radius 1 is 1.41 bits per heavy atom. The second-order valence-electron chi connectivity index (χ2n) is 4.37. The molecule has 0 aliphatic rings. The minimum absolute atomic E-state index is 0.0586. The molecule has 1 rings (SSSR count). The monoisotopic (exact) mass is 320 g/mol. The number of benzene rings is 1. The molecule has 1 aromatic carbocycles. The molecule has 1 aromatic rings. The third-order valence-corrected chi connectivity index (χ3v) is 3.60. The van der Waals surface area contributed by atoms with E-state index in [2.05, 4.69) is 10.1 Å². The summed E-state index contributed by atoms with van der Waals surface area (Å²) < 4.78 is 4.65. The molecule has 1 atom stereocenters. The molecule has 1 N–H and O–H groups in total. The number of carbonyl (C=O) groups excluding carboxylic acids is 3. The Hall–Kier alpha value is -2.33. The molecule has 0 aliphatic carbocycles. The maximum Gasteiger partial charge on any atom is 0.328 e. The topological polar surface area (TPSA) is 96.3 Å². The summed E-state index contributed by atoms with van der Waals surface area (Å²) in [4.78, 5) is 34.7. The van der Waals surface area contributed by atoms with Crippen molar-refractivity contribution >= 4 is 28.8 Å². The Bertz CT molecular complexity index is 610. The van der Waals surface area contributed by atoms with Crippen LogP contribution in [0.3, 0.4) is 0 Å². The van der Waals surface area contributed by atoms with E-state index < -0.39 is 17.9 Å². The van der Waals surface area contributed by atoms with Crippen LogP contribution in [0.15, 0.2) is 24.3 Å². The van der Waals surface area contributed by atoms with Gasteiger partial charge < -0.3 is 10.1 Å². The van der Waals surface area contributed by atoms with E-state index in [1.807, 2.05) is 6.07 Å². The Morgan fingerprint density at radius 2 is 2.14 bits per heavy atom. The number of ether oxygens (including phenoxy) is 1. The second kappa shape index (κ2) is 8.85. The molecule has 0 saturated carbocycles. The maximum absolute atomic E-state index is 12.1. The zero-order valence-corrected chi connectivity index (χ0v) is 13.1. The Balaban J connectivity index is 2.75. The van der Waals surface area contributed by atoms with Gasteiger partial charge in [0.25, 0.3) is 5.91 Å². The molecule has 1 unspecified atom stereocenters. The van der Waals surface area contributed by atoms with Gasteiger partial charge in [0, 0.05) is 18.2 Å². The SMILES string of the molecule is COC(=O)C(CCSC(C)=O)NC(=O)c1cccc(C#N)c1. The molecule has 0 heterocycles. The molecule has 116 valence electrons. The lowest BCUT2D eigenvalue weighted by Crippen LogP contribution is -2.42. The average molecular weight is 320 g/mol. The molecular formula is C15H16N2O4S. The lowest BCUT2D eigenvalue weighted by atomic mass is 10.1.